The predicted molar refractivity (Wildman–Crippen MR) is 114 cm³/mol. The number of carbonyl (C=O) groups is 1. The van der Waals surface area contributed by atoms with Crippen molar-refractivity contribution in [3.05, 3.63) is 65.5 Å². The van der Waals surface area contributed by atoms with E-state index in [9.17, 15) is 17.6 Å². The molecule has 0 atom stereocenters. The first-order valence-corrected chi connectivity index (χ1v) is 11.5. The quantitative estimate of drug-likeness (QED) is 0.673. The first kappa shape index (κ1) is 22.4. The first-order valence-electron chi connectivity index (χ1n) is 10.1. The molecular weight excluding hydrogens is 405 g/mol. The fourth-order valence-corrected chi connectivity index (χ4v) is 4.93. The number of sulfonamides is 1. The Morgan fingerprint density at radius 3 is 2.10 bits per heavy atom. The van der Waals surface area contributed by atoms with Gasteiger partial charge in [0, 0.05) is 32.7 Å². The van der Waals surface area contributed by atoms with E-state index in [2.05, 4.69) is 31.2 Å². The molecule has 1 amide bonds. The number of aryl methyl sites for hydroxylation is 1. The van der Waals surface area contributed by atoms with Crippen molar-refractivity contribution in [2.75, 3.05) is 39.8 Å². The number of piperazine rings is 1. The molecule has 2 aromatic carbocycles. The van der Waals surface area contributed by atoms with Gasteiger partial charge in [0.15, 0.2) is 0 Å². The zero-order chi connectivity index (χ0) is 21.7. The van der Waals surface area contributed by atoms with E-state index in [1.54, 1.807) is 4.90 Å². The number of halogens is 1. The molecule has 2 aromatic rings. The molecule has 0 bridgehead atoms. The van der Waals surface area contributed by atoms with Crippen molar-refractivity contribution in [2.45, 2.75) is 24.8 Å². The summed E-state index contributed by atoms with van der Waals surface area (Å²) >= 11 is 0. The highest BCUT2D eigenvalue weighted by Gasteiger charge is 2.30. The fourth-order valence-electron chi connectivity index (χ4n) is 3.51. The summed E-state index contributed by atoms with van der Waals surface area (Å²) in [6.45, 7) is 4.22. The van der Waals surface area contributed by atoms with E-state index < -0.39 is 15.8 Å². The van der Waals surface area contributed by atoms with Crippen LogP contribution < -0.4 is 0 Å². The molecule has 3 rings (SSSR count). The number of rotatable bonds is 7. The second-order valence-corrected chi connectivity index (χ2v) is 9.52. The van der Waals surface area contributed by atoms with Crippen LogP contribution in [0.3, 0.4) is 0 Å². The summed E-state index contributed by atoms with van der Waals surface area (Å²) in [5, 5.41) is 0. The Kier molecular flexibility index (Phi) is 7.23. The average molecular weight is 434 g/mol. The zero-order valence-corrected chi connectivity index (χ0v) is 18.2. The third kappa shape index (κ3) is 5.44. The lowest BCUT2D eigenvalue weighted by atomic mass is 10.1. The smallest absolute Gasteiger partial charge is 0.243 e. The second kappa shape index (κ2) is 9.68. The summed E-state index contributed by atoms with van der Waals surface area (Å²) in [5.41, 5.74) is 2.43. The molecule has 30 heavy (non-hydrogen) atoms. The highest BCUT2D eigenvalue weighted by Crippen LogP contribution is 2.18. The molecule has 1 fully saturated rings. The molecule has 1 aliphatic heterocycles. The van der Waals surface area contributed by atoms with Gasteiger partial charge in [-0.1, -0.05) is 31.2 Å². The van der Waals surface area contributed by atoms with Crippen LogP contribution in [0.2, 0.25) is 0 Å². The average Bonchev–Trinajstić information content (AvgIpc) is 2.74. The van der Waals surface area contributed by atoms with Gasteiger partial charge < -0.3 is 4.90 Å². The van der Waals surface area contributed by atoms with Gasteiger partial charge >= 0.3 is 0 Å². The van der Waals surface area contributed by atoms with Crippen LogP contribution in [0.15, 0.2) is 53.4 Å². The molecule has 162 valence electrons. The molecular formula is C22H28FN3O3S. The van der Waals surface area contributed by atoms with Crippen molar-refractivity contribution in [1.82, 2.24) is 14.1 Å². The number of carbonyl (C=O) groups excluding carboxylic acids is 1. The van der Waals surface area contributed by atoms with E-state index in [1.807, 2.05) is 11.9 Å². The lowest BCUT2D eigenvalue weighted by molar-refractivity contribution is -0.133. The van der Waals surface area contributed by atoms with Crippen LogP contribution in [0.4, 0.5) is 4.39 Å². The molecule has 0 saturated carbocycles. The fraction of sp³-hybridized carbons (Fsp3) is 0.409. The SMILES string of the molecule is CCc1ccc(CN(C)CC(=O)N2CCN(S(=O)(=O)c3ccc(F)cc3)CC2)cc1. The van der Waals surface area contributed by atoms with Gasteiger partial charge in [-0.15, -0.1) is 0 Å². The van der Waals surface area contributed by atoms with Crippen molar-refractivity contribution in [3.8, 4) is 0 Å². The second-order valence-electron chi connectivity index (χ2n) is 7.58. The summed E-state index contributed by atoms with van der Waals surface area (Å²) in [5.74, 6) is -0.490. The standard InChI is InChI=1S/C22H28FN3O3S/c1-3-18-4-6-19(7-5-18)16-24(2)17-22(27)25-12-14-26(15-13-25)30(28,29)21-10-8-20(23)9-11-21/h4-11H,3,12-17H2,1-2H3. The summed E-state index contributed by atoms with van der Waals surface area (Å²) in [6, 6.07) is 13.2. The number of hydrogen-bond acceptors (Lipinski definition) is 4. The van der Waals surface area contributed by atoms with Crippen LogP contribution in [0.5, 0.6) is 0 Å². The first-order chi connectivity index (χ1) is 14.3. The van der Waals surface area contributed by atoms with Crippen molar-refractivity contribution < 1.29 is 17.6 Å². The minimum absolute atomic E-state index is 0.0125. The maximum Gasteiger partial charge on any atom is 0.243 e. The highest BCUT2D eigenvalue weighted by molar-refractivity contribution is 7.89. The third-order valence-corrected chi connectivity index (χ3v) is 7.24. The van der Waals surface area contributed by atoms with Gasteiger partial charge in [-0.2, -0.15) is 4.31 Å². The minimum atomic E-state index is -3.68. The maximum absolute atomic E-state index is 13.1. The van der Waals surface area contributed by atoms with E-state index in [-0.39, 0.29) is 30.4 Å². The molecule has 0 spiro atoms. The van der Waals surface area contributed by atoms with Crippen LogP contribution in [0.25, 0.3) is 0 Å². The number of amides is 1. The molecule has 1 heterocycles. The topological polar surface area (TPSA) is 60.9 Å². The molecule has 0 radical (unpaired) electrons. The third-order valence-electron chi connectivity index (χ3n) is 5.33. The monoisotopic (exact) mass is 433 g/mol. The van der Waals surface area contributed by atoms with Gasteiger partial charge in [0.1, 0.15) is 5.82 Å². The van der Waals surface area contributed by atoms with Crippen molar-refractivity contribution in [3.63, 3.8) is 0 Å². The number of benzene rings is 2. The van der Waals surface area contributed by atoms with Gasteiger partial charge in [-0.3, -0.25) is 9.69 Å². The Bertz CT molecular complexity index is 954. The largest absolute Gasteiger partial charge is 0.339 e. The lowest BCUT2D eigenvalue weighted by Crippen LogP contribution is -2.52. The normalized spacial score (nSPS) is 15.5. The van der Waals surface area contributed by atoms with Crippen LogP contribution in [-0.4, -0.2) is 68.2 Å². The summed E-state index contributed by atoms with van der Waals surface area (Å²) in [4.78, 5) is 16.4. The number of hydrogen-bond donors (Lipinski definition) is 0. The van der Waals surface area contributed by atoms with Crippen LogP contribution in [0, 0.1) is 5.82 Å². The molecule has 1 aliphatic rings. The zero-order valence-electron chi connectivity index (χ0n) is 17.4. The van der Waals surface area contributed by atoms with Crippen LogP contribution in [-0.2, 0) is 27.8 Å². The Hall–Kier alpha value is -2.29. The lowest BCUT2D eigenvalue weighted by Gasteiger charge is -2.34. The van der Waals surface area contributed by atoms with Gasteiger partial charge in [-0.25, -0.2) is 12.8 Å². The molecule has 8 heteroatoms. The highest BCUT2D eigenvalue weighted by atomic mass is 32.2. The van der Waals surface area contributed by atoms with E-state index in [0.29, 0.717) is 19.6 Å². The van der Waals surface area contributed by atoms with E-state index in [4.69, 9.17) is 0 Å². The molecule has 6 nitrogen and oxygen atoms in total. The van der Waals surface area contributed by atoms with Gasteiger partial charge in [-0.05, 0) is 48.9 Å². The number of nitrogens with zero attached hydrogens (tertiary/aromatic N) is 3. The Morgan fingerprint density at radius 2 is 1.53 bits per heavy atom. The molecule has 0 unspecified atom stereocenters. The summed E-state index contributed by atoms with van der Waals surface area (Å²) in [7, 11) is -1.78. The number of likely N-dealkylation sites (N-methyl/N-ethyl adjacent to an activating group) is 1. The van der Waals surface area contributed by atoms with Crippen molar-refractivity contribution in [1.29, 1.82) is 0 Å². The van der Waals surface area contributed by atoms with E-state index >= 15 is 0 Å². The molecule has 0 aromatic heterocycles. The molecule has 0 N–H and O–H groups in total. The van der Waals surface area contributed by atoms with E-state index in [0.717, 1.165) is 24.1 Å². The summed E-state index contributed by atoms with van der Waals surface area (Å²) < 4.78 is 39.8. The minimum Gasteiger partial charge on any atom is -0.339 e. The van der Waals surface area contributed by atoms with E-state index in [1.165, 1.54) is 22.0 Å². The molecule has 1 saturated heterocycles. The van der Waals surface area contributed by atoms with Gasteiger partial charge in [0.05, 0.1) is 11.4 Å². The Labute approximate surface area is 177 Å². The van der Waals surface area contributed by atoms with Gasteiger partial charge in [0.2, 0.25) is 15.9 Å². The Morgan fingerprint density at radius 1 is 0.967 bits per heavy atom. The maximum atomic E-state index is 13.1. The van der Waals surface area contributed by atoms with Crippen molar-refractivity contribution >= 4 is 15.9 Å². The van der Waals surface area contributed by atoms with Gasteiger partial charge in [0.25, 0.3) is 0 Å². The molecule has 0 aliphatic carbocycles. The summed E-state index contributed by atoms with van der Waals surface area (Å²) in [6.07, 6.45) is 0.997. The Balaban J connectivity index is 1.51. The van der Waals surface area contributed by atoms with Crippen molar-refractivity contribution in [2.24, 2.45) is 0 Å². The van der Waals surface area contributed by atoms with Crippen LogP contribution in [0.1, 0.15) is 18.1 Å². The predicted octanol–water partition coefficient (Wildman–Crippen LogP) is 2.35. The van der Waals surface area contributed by atoms with Crippen LogP contribution >= 0.6 is 0 Å².